The van der Waals surface area contributed by atoms with E-state index in [9.17, 15) is 5.11 Å². The molecule has 2 unspecified atom stereocenters. The summed E-state index contributed by atoms with van der Waals surface area (Å²) in [6, 6.07) is 4.24. The number of aryl methyl sites for hydroxylation is 3. The van der Waals surface area contributed by atoms with Crippen molar-refractivity contribution < 1.29 is 9.84 Å². The van der Waals surface area contributed by atoms with Gasteiger partial charge in [0.05, 0.1) is 6.10 Å². The van der Waals surface area contributed by atoms with Gasteiger partial charge in [0.25, 0.3) is 0 Å². The van der Waals surface area contributed by atoms with Crippen LogP contribution in [0.15, 0.2) is 12.1 Å². The summed E-state index contributed by atoms with van der Waals surface area (Å²) in [5, 5.41) is 10.5. The Balaban J connectivity index is 3.00. The molecule has 102 valence electrons. The molecule has 0 aliphatic rings. The lowest BCUT2D eigenvalue weighted by molar-refractivity contribution is -0.0387. The van der Waals surface area contributed by atoms with Gasteiger partial charge in [0.1, 0.15) is 6.10 Å². The summed E-state index contributed by atoms with van der Waals surface area (Å²) in [5.41, 5.74) is 4.64. The fraction of sp³-hybridized carbons (Fsp3) is 0.625. The molecule has 0 heterocycles. The number of rotatable bonds is 6. The summed E-state index contributed by atoms with van der Waals surface area (Å²) in [6.07, 6.45) is 1.29. The highest BCUT2D eigenvalue weighted by Crippen LogP contribution is 2.27. The first-order chi connectivity index (χ1) is 8.51. The molecule has 2 heteroatoms. The summed E-state index contributed by atoms with van der Waals surface area (Å²) in [4.78, 5) is 0. The van der Waals surface area contributed by atoms with Crippen molar-refractivity contribution in [2.45, 2.75) is 59.7 Å². The van der Waals surface area contributed by atoms with Gasteiger partial charge in [0.2, 0.25) is 0 Å². The number of ether oxygens (including phenoxy) is 1. The molecule has 1 aromatic rings. The molecule has 0 saturated heterocycles. The first kappa shape index (κ1) is 15.2. The van der Waals surface area contributed by atoms with E-state index in [1.165, 1.54) is 11.1 Å². The fourth-order valence-electron chi connectivity index (χ4n) is 2.33. The van der Waals surface area contributed by atoms with E-state index in [1.807, 2.05) is 6.92 Å². The van der Waals surface area contributed by atoms with Gasteiger partial charge in [0, 0.05) is 6.61 Å². The van der Waals surface area contributed by atoms with Gasteiger partial charge < -0.3 is 9.84 Å². The maximum Gasteiger partial charge on any atom is 0.105 e. The highest BCUT2D eigenvalue weighted by molar-refractivity contribution is 5.38. The van der Waals surface area contributed by atoms with E-state index in [1.54, 1.807) is 0 Å². The first-order valence-electron chi connectivity index (χ1n) is 6.88. The molecule has 0 fully saturated rings. The Morgan fingerprint density at radius 1 is 1.06 bits per heavy atom. The third kappa shape index (κ3) is 3.56. The normalized spacial score (nSPS) is 14.6. The van der Waals surface area contributed by atoms with Crippen LogP contribution in [0.5, 0.6) is 0 Å². The number of aliphatic hydroxyl groups excluding tert-OH is 1. The molecule has 2 atom stereocenters. The lowest BCUT2D eigenvalue weighted by Crippen LogP contribution is -2.23. The van der Waals surface area contributed by atoms with Crippen molar-refractivity contribution >= 4 is 0 Å². The smallest absolute Gasteiger partial charge is 0.105 e. The van der Waals surface area contributed by atoms with E-state index in [0.717, 1.165) is 24.0 Å². The zero-order valence-electron chi connectivity index (χ0n) is 12.3. The van der Waals surface area contributed by atoms with Crippen LogP contribution in [0.2, 0.25) is 0 Å². The van der Waals surface area contributed by atoms with Crippen molar-refractivity contribution in [2.24, 2.45) is 0 Å². The fourth-order valence-corrected chi connectivity index (χ4v) is 2.33. The molecule has 0 amide bonds. The highest BCUT2D eigenvalue weighted by atomic mass is 16.5. The molecule has 0 aliphatic carbocycles. The van der Waals surface area contributed by atoms with Gasteiger partial charge in [0.15, 0.2) is 0 Å². The largest absolute Gasteiger partial charge is 0.386 e. The minimum Gasteiger partial charge on any atom is -0.386 e. The molecule has 1 rings (SSSR count). The predicted molar refractivity (Wildman–Crippen MR) is 75.9 cm³/mol. The van der Waals surface area contributed by atoms with E-state index in [-0.39, 0.29) is 6.10 Å². The van der Waals surface area contributed by atoms with Crippen molar-refractivity contribution in [1.82, 2.24) is 0 Å². The number of hydrogen-bond donors (Lipinski definition) is 1. The Kier molecular flexibility index (Phi) is 5.83. The molecular formula is C16H26O2. The summed E-state index contributed by atoms with van der Waals surface area (Å²) in [5.74, 6) is 0. The Morgan fingerprint density at radius 3 is 2.22 bits per heavy atom. The van der Waals surface area contributed by atoms with Gasteiger partial charge in [-0.3, -0.25) is 0 Å². The van der Waals surface area contributed by atoms with Crippen LogP contribution in [0.4, 0.5) is 0 Å². The Bertz CT molecular complexity index is 379. The minimum atomic E-state index is -0.524. The molecule has 0 radical (unpaired) electrons. The summed E-state index contributed by atoms with van der Waals surface area (Å²) < 4.78 is 5.67. The second kappa shape index (κ2) is 6.91. The van der Waals surface area contributed by atoms with Crippen LogP contribution < -0.4 is 0 Å². The van der Waals surface area contributed by atoms with Crippen molar-refractivity contribution in [1.29, 1.82) is 0 Å². The quantitative estimate of drug-likeness (QED) is 0.831. The van der Waals surface area contributed by atoms with Crippen molar-refractivity contribution in [2.75, 3.05) is 6.61 Å². The Morgan fingerprint density at radius 2 is 1.67 bits per heavy atom. The Labute approximate surface area is 111 Å². The lowest BCUT2D eigenvalue weighted by Gasteiger charge is -2.24. The minimum absolute atomic E-state index is 0.0965. The summed E-state index contributed by atoms with van der Waals surface area (Å²) in [6.45, 7) is 11.0. The topological polar surface area (TPSA) is 29.5 Å². The first-order valence-corrected chi connectivity index (χ1v) is 6.88. The maximum absolute atomic E-state index is 10.5. The molecule has 0 bridgehead atoms. The van der Waals surface area contributed by atoms with E-state index in [4.69, 9.17) is 4.74 Å². The van der Waals surface area contributed by atoms with Gasteiger partial charge >= 0.3 is 0 Å². The molecular weight excluding hydrogens is 224 g/mol. The van der Waals surface area contributed by atoms with E-state index >= 15 is 0 Å². The number of benzene rings is 1. The van der Waals surface area contributed by atoms with Crippen LogP contribution in [0.25, 0.3) is 0 Å². The van der Waals surface area contributed by atoms with Crippen LogP contribution in [0.3, 0.4) is 0 Å². The van der Waals surface area contributed by atoms with Gasteiger partial charge in [-0.15, -0.1) is 0 Å². The highest BCUT2D eigenvalue weighted by Gasteiger charge is 2.22. The van der Waals surface area contributed by atoms with Crippen LogP contribution in [-0.4, -0.2) is 17.8 Å². The maximum atomic E-state index is 10.5. The van der Waals surface area contributed by atoms with Crippen LogP contribution in [-0.2, 0) is 4.74 Å². The predicted octanol–water partition coefficient (Wildman–Crippen LogP) is 3.85. The average Bonchev–Trinajstić information content (AvgIpc) is 2.33. The number of aliphatic hydroxyl groups is 1. The standard InChI is InChI=1S/C16H26O2/c1-6-8-15(18-7-2)16(17)14-10-12(4)11(3)9-13(14)5/h9-10,15-17H,6-8H2,1-5H3. The monoisotopic (exact) mass is 250 g/mol. The van der Waals surface area contributed by atoms with E-state index in [2.05, 4.69) is 39.8 Å². The zero-order chi connectivity index (χ0) is 13.7. The van der Waals surface area contributed by atoms with Crippen LogP contribution in [0.1, 0.15) is 55.0 Å². The molecule has 0 aliphatic heterocycles. The van der Waals surface area contributed by atoms with Crippen molar-refractivity contribution in [3.05, 3.63) is 34.4 Å². The molecule has 2 nitrogen and oxygen atoms in total. The van der Waals surface area contributed by atoms with Gasteiger partial charge in [-0.25, -0.2) is 0 Å². The van der Waals surface area contributed by atoms with Crippen molar-refractivity contribution in [3.63, 3.8) is 0 Å². The zero-order valence-corrected chi connectivity index (χ0v) is 12.3. The molecule has 1 aromatic carbocycles. The number of hydrogen-bond acceptors (Lipinski definition) is 2. The molecule has 1 N–H and O–H groups in total. The van der Waals surface area contributed by atoms with Crippen LogP contribution >= 0.6 is 0 Å². The Hall–Kier alpha value is -0.860. The third-order valence-electron chi connectivity index (χ3n) is 3.51. The molecule has 0 saturated carbocycles. The van der Waals surface area contributed by atoms with Crippen LogP contribution in [0, 0.1) is 20.8 Å². The van der Waals surface area contributed by atoms with Crippen molar-refractivity contribution in [3.8, 4) is 0 Å². The van der Waals surface area contributed by atoms with E-state index in [0.29, 0.717) is 6.61 Å². The molecule has 18 heavy (non-hydrogen) atoms. The second-order valence-electron chi connectivity index (χ2n) is 5.02. The average molecular weight is 250 g/mol. The van der Waals surface area contributed by atoms with Gasteiger partial charge in [-0.05, 0) is 56.4 Å². The summed E-state index contributed by atoms with van der Waals surface area (Å²) >= 11 is 0. The van der Waals surface area contributed by atoms with E-state index < -0.39 is 6.10 Å². The van der Waals surface area contributed by atoms with Gasteiger partial charge in [-0.2, -0.15) is 0 Å². The van der Waals surface area contributed by atoms with Gasteiger partial charge in [-0.1, -0.05) is 25.5 Å². The third-order valence-corrected chi connectivity index (χ3v) is 3.51. The summed E-state index contributed by atoms with van der Waals surface area (Å²) in [7, 11) is 0. The molecule has 0 spiro atoms. The SMILES string of the molecule is CCCC(OCC)C(O)c1cc(C)c(C)cc1C. The lowest BCUT2D eigenvalue weighted by atomic mass is 9.93. The second-order valence-corrected chi connectivity index (χ2v) is 5.02. The molecule has 0 aromatic heterocycles.